The first-order chi connectivity index (χ1) is 7.05. The van der Waals surface area contributed by atoms with E-state index in [2.05, 4.69) is 20.8 Å². The van der Waals surface area contributed by atoms with Crippen molar-refractivity contribution in [2.45, 2.75) is 52.9 Å². The third-order valence-corrected chi connectivity index (χ3v) is 3.66. The molecule has 86 valence electrons. The molecule has 2 heteroatoms. The minimum absolute atomic E-state index is 0.0174. The highest BCUT2D eigenvalue weighted by atomic mass is 16.5. The molecule has 0 saturated carbocycles. The molecule has 0 aliphatic heterocycles. The molecule has 1 aliphatic carbocycles. The number of methoxy groups -OCH3 is 1. The van der Waals surface area contributed by atoms with Crippen LogP contribution in [0.15, 0.2) is 11.1 Å². The Hall–Kier alpha value is -0.790. The number of rotatable bonds is 3. The molecule has 0 amide bonds. The predicted octanol–water partition coefficient (Wildman–Crippen LogP) is 3.47. The van der Waals surface area contributed by atoms with Gasteiger partial charge in [0.05, 0.1) is 12.5 Å². The van der Waals surface area contributed by atoms with Crippen LogP contribution in [-0.4, -0.2) is 13.1 Å². The van der Waals surface area contributed by atoms with Crippen molar-refractivity contribution in [2.75, 3.05) is 7.11 Å². The monoisotopic (exact) mass is 210 g/mol. The lowest BCUT2D eigenvalue weighted by molar-refractivity contribution is -0.154. The van der Waals surface area contributed by atoms with Gasteiger partial charge in [0.2, 0.25) is 0 Å². The van der Waals surface area contributed by atoms with Crippen LogP contribution in [0.25, 0.3) is 0 Å². The average Bonchev–Trinajstić information content (AvgIpc) is 2.23. The van der Waals surface area contributed by atoms with Crippen LogP contribution in [0.4, 0.5) is 0 Å². The molecule has 15 heavy (non-hydrogen) atoms. The fourth-order valence-corrected chi connectivity index (χ4v) is 2.57. The lowest BCUT2D eigenvalue weighted by atomic mass is 9.69. The maximum atomic E-state index is 11.9. The Morgan fingerprint density at radius 1 is 1.40 bits per heavy atom. The lowest BCUT2D eigenvalue weighted by Crippen LogP contribution is -2.34. The molecule has 0 spiro atoms. The van der Waals surface area contributed by atoms with Crippen LogP contribution in [0.1, 0.15) is 52.9 Å². The third-order valence-electron chi connectivity index (χ3n) is 3.66. The molecule has 1 rings (SSSR count). The van der Waals surface area contributed by atoms with Crippen molar-refractivity contribution < 1.29 is 9.53 Å². The SMILES string of the molecule is CCCC1(C(=O)OC)CCC(C)=C(C)C1. The molecule has 0 bridgehead atoms. The standard InChI is InChI=1S/C13H22O2/c1-5-7-13(12(14)15-4)8-6-10(2)11(3)9-13/h5-9H2,1-4H3. The van der Waals surface area contributed by atoms with Crippen molar-refractivity contribution in [3.05, 3.63) is 11.1 Å². The van der Waals surface area contributed by atoms with E-state index in [-0.39, 0.29) is 11.4 Å². The second-order valence-electron chi connectivity index (χ2n) is 4.76. The third kappa shape index (κ3) is 2.42. The number of esters is 1. The summed E-state index contributed by atoms with van der Waals surface area (Å²) in [5, 5.41) is 0. The highest BCUT2D eigenvalue weighted by molar-refractivity contribution is 5.77. The van der Waals surface area contributed by atoms with Gasteiger partial charge in [-0.3, -0.25) is 4.79 Å². The van der Waals surface area contributed by atoms with Crippen LogP contribution in [0.5, 0.6) is 0 Å². The zero-order valence-corrected chi connectivity index (χ0v) is 10.4. The summed E-state index contributed by atoms with van der Waals surface area (Å²) in [7, 11) is 1.50. The molecule has 1 unspecified atom stereocenters. The zero-order valence-electron chi connectivity index (χ0n) is 10.4. The molecule has 0 aromatic heterocycles. The van der Waals surface area contributed by atoms with Gasteiger partial charge in [0.25, 0.3) is 0 Å². The van der Waals surface area contributed by atoms with Gasteiger partial charge in [-0.05, 0) is 39.5 Å². The fourth-order valence-electron chi connectivity index (χ4n) is 2.57. The van der Waals surface area contributed by atoms with Gasteiger partial charge in [-0.2, -0.15) is 0 Å². The number of allylic oxidation sites excluding steroid dienone is 2. The van der Waals surface area contributed by atoms with Crippen molar-refractivity contribution >= 4 is 5.97 Å². The Morgan fingerprint density at radius 2 is 2.07 bits per heavy atom. The Bertz CT molecular complexity index is 278. The summed E-state index contributed by atoms with van der Waals surface area (Å²) in [6.07, 6.45) is 4.88. The van der Waals surface area contributed by atoms with Crippen LogP contribution < -0.4 is 0 Å². The molecule has 2 nitrogen and oxygen atoms in total. The van der Waals surface area contributed by atoms with Crippen LogP contribution in [0.2, 0.25) is 0 Å². The fraction of sp³-hybridized carbons (Fsp3) is 0.769. The van der Waals surface area contributed by atoms with Crippen molar-refractivity contribution in [3.8, 4) is 0 Å². The summed E-state index contributed by atoms with van der Waals surface area (Å²) in [5.41, 5.74) is 2.60. The molecule has 0 fully saturated rings. The van der Waals surface area contributed by atoms with Crippen molar-refractivity contribution in [3.63, 3.8) is 0 Å². The van der Waals surface area contributed by atoms with Gasteiger partial charge in [-0.15, -0.1) is 0 Å². The molecular weight excluding hydrogens is 188 g/mol. The molecule has 0 saturated heterocycles. The van der Waals surface area contributed by atoms with E-state index in [1.54, 1.807) is 0 Å². The van der Waals surface area contributed by atoms with E-state index in [0.29, 0.717) is 0 Å². The summed E-state index contributed by atoms with van der Waals surface area (Å²) >= 11 is 0. The summed E-state index contributed by atoms with van der Waals surface area (Å²) < 4.78 is 4.97. The minimum atomic E-state index is -0.229. The van der Waals surface area contributed by atoms with Gasteiger partial charge in [0.1, 0.15) is 0 Å². The van der Waals surface area contributed by atoms with E-state index in [1.807, 2.05) is 0 Å². The summed E-state index contributed by atoms with van der Waals surface area (Å²) in [6, 6.07) is 0. The van der Waals surface area contributed by atoms with E-state index >= 15 is 0 Å². The normalized spacial score (nSPS) is 26.7. The first kappa shape index (κ1) is 12.3. The van der Waals surface area contributed by atoms with Gasteiger partial charge in [0, 0.05) is 0 Å². The molecule has 0 aromatic rings. The van der Waals surface area contributed by atoms with Crippen LogP contribution in [0.3, 0.4) is 0 Å². The van der Waals surface area contributed by atoms with Crippen molar-refractivity contribution in [2.24, 2.45) is 5.41 Å². The van der Waals surface area contributed by atoms with Crippen LogP contribution in [0, 0.1) is 5.41 Å². The van der Waals surface area contributed by atoms with E-state index in [4.69, 9.17) is 4.74 Å². The number of carbonyl (C=O) groups excluding carboxylic acids is 1. The smallest absolute Gasteiger partial charge is 0.312 e. The second-order valence-corrected chi connectivity index (χ2v) is 4.76. The lowest BCUT2D eigenvalue weighted by Gasteiger charge is -2.35. The Labute approximate surface area is 92.7 Å². The number of hydrogen-bond donors (Lipinski definition) is 0. The van der Waals surface area contributed by atoms with E-state index in [1.165, 1.54) is 18.3 Å². The molecule has 1 aliphatic rings. The van der Waals surface area contributed by atoms with Gasteiger partial charge >= 0.3 is 5.97 Å². The van der Waals surface area contributed by atoms with E-state index in [0.717, 1.165) is 32.1 Å². The first-order valence-electron chi connectivity index (χ1n) is 5.79. The first-order valence-corrected chi connectivity index (χ1v) is 5.79. The number of carbonyl (C=O) groups is 1. The molecule has 0 N–H and O–H groups in total. The van der Waals surface area contributed by atoms with E-state index in [9.17, 15) is 4.79 Å². The molecular formula is C13H22O2. The average molecular weight is 210 g/mol. The zero-order chi connectivity index (χ0) is 11.5. The molecule has 0 radical (unpaired) electrons. The van der Waals surface area contributed by atoms with Gasteiger partial charge < -0.3 is 4.74 Å². The minimum Gasteiger partial charge on any atom is -0.469 e. The molecule has 0 aromatic carbocycles. The highest BCUT2D eigenvalue weighted by Gasteiger charge is 2.40. The Kier molecular flexibility index (Phi) is 3.95. The maximum absolute atomic E-state index is 11.9. The summed E-state index contributed by atoms with van der Waals surface area (Å²) in [4.78, 5) is 11.9. The quantitative estimate of drug-likeness (QED) is 0.526. The Morgan fingerprint density at radius 3 is 2.53 bits per heavy atom. The number of hydrogen-bond acceptors (Lipinski definition) is 2. The number of ether oxygens (including phenoxy) is 1. The Balaban J connectivity index is 2.90. The topological polar surface area (TPSA) is 26.3 Å². The predicted molar refractivity (Wildman–Crippen MR) is 61.6 cm³/mol. The van der Waals surface area contributed by atoms with Crippen LogP contribution in [-0.2, 0) is 9.53 Å². The molecule has 0 heterocycles. The van der Waals surface area contributed by atoms with Gasteiger partial charge in [-0.1, -0.05) is 24.5 Å². The van der Waals surface area contributed by atoms with E-state index < -0.39 is 0 Å². The van der Waals surface area contributed by atoms with Crippen LogP contribution >= 0.6 is 0 Å². The maximum Gasteiger partial charge on any atom is 0.312 e. The van der Waals surface area contributed by atoms with Gasteiger partial charge in [0.15, 0.2) is 0 Å². The largest absolute Gasteiger partial charge is 0.469 e. The molecule has 1 atom stereocenters. The van der Waals surface area contributed by atoms with Crippen molar-refractivity contribution in [1.29, 1.82) is 0 Å². The second kappa shape index (κ2) is 4.82. The van der Waals surface area contributed by atoms with Gasteiger partial charge in [-0.25, -0.2) is 0 Å². The van der Waals surface area contributed by atoms with Crippen molar-refractivity contribution in [1.82, 2.24) is 0 Å². The highest BCUT2D eigenvalue weighted by Crippen LogP contribution is 2.43. The summed E-state index contributed by atoms with van der Waals surface area (Å²) in [5.74, 6) is -0.0174. The summed E-state index contributed by atoms with van der Waals surface area (Å²) in [6.45, 7) is 6.44.